The lowest BCUT2D eigenvalue weighted by atomic mass is 10.2. The van der Waals surface area contributed by atoms with Crippen LogP contribution in [0.1, 0.15) is 16.8 Å². The van der Waals surface area contributed by atoms with Crippen molar-refractivity contribution >= 4 is 11.8 Å². The predicted octanol–water partition coefficient (Wildman–Crippen LogP) is 0.0593. The molecule has 1 aromatic rings. The van der Waals surface area contributed by atoms with Crippen molar-refractivity contribution in [3.05, 3.63) is 17.7 Å². The van der Waals surface area contributed by atoms with Crippen LogP contribution in [0.5, 0.6) is 11.8 Å². The molecule has 2 amide bonds. The average molecular weight is 279 g/mol. The second-order valence-corrected chi connectivity index (χ2v) is 4.48. The molecule has 1 aliphatic heterocycles. The smallest absolute Gasteiger partial charge is 0.257 e. The number of methoxy groups -OCH3 is 2. The summed E-state index contributed by atoms with van der Waals surface area (Å²) < 4.78 is 10.0. The number of likely N-dealkylation sites (tertiary alicyclic amines) is 1. The molecule has 1 unspecified atom stereocenters. The highest BCUT2D eigenvalue weighted by atomic mass is 16.5. The lowest BCUT2D eigenvalue weighted by molar-refractivity contribution is -0.128. The second kappa shape index (κ2) is 5.77. The van der Waals surface area contributed by atoms with Crippen LogP contribution in [0.3, 0.4) is 0 Å². The van der Waals surface area contributed by atoms with Gasteiger partial charge >= 0.3 is 0 Å². The number of nitrogens with one attached hydrogen (secondary N) is 1. The van der Waals surface area contributed by atoms with E-state index in [1.54, 1.807) is 24.1 Å². The second-order valence-electron chi connectivity index (χ2n) is 4.48. The number of rotatable bonds is 4. The molecule has 108 valence electrons. The summed E-state index contributed by atoms with van der Waals surface area (Å²) in [5, 5.41) is 2.70. The zero-order valence-electron chi connectivity index (χ0n) is 11.7. The van der Waals surface area contributed by atoms with E-state index in [-0.39, 0.29) is 23.3 Å². The monoisotopic (exact) mass is 279 g/mol. The molecule has 0 radical (unpaired) electrons. The summed E-state index contributed by atoms with van der Waals surface area (Å²) in [4.78, 5) is 29.6. The molecule has 0 spiro atoms. The van der Waals surface area contributed by atoms with Crippen LogP contribution in [0.15, 0.2) is 12.1 Å². The Balaban J connectivity index is 2.15. The van der Waals surface area contributed by atoms with Gasteiger partial charge in [-0.1, -0.05) is 0 Å². The number of amides is 2. The van der Waals surface area contributed by atoms with Gasteiger partial charge in [-0.15, -0.1) is 0 Å². The maximum Gasteiger partial charge on any atom is 0.257 e. The highest BCUT2D eigenvalue weighted by Crippen LogP contribution is 2.20. The number of nitrogens with zero attached hydrogens (tertiary/aromatic N) is 2. The van der Waals surface area contributed by atoms with Crippen LogP contribution in [-0.2, 0) is 4.79 Å². The van der Waals surface area contributed by atoms with E-state index < -0.39 is 6.04 Å². The molecule has 0 aliphatic carbocycles. The van der Waals surface area contributed by atoms with Crippen LogP contribution in [0, 0.1) is 0 Å². The van der Waals surface area contributed by atoms with Crippen molar-refractivity contribution in [1.82, 2.24) is 15.2 Å². The first-order chi connectivity index (χ1) is 9.56. The Morgan fingerprint density at radius 2 is 2.15 bits per heavy atom. The highest BCUT2D eigenvalue weighted by Gasteiger charge is 2.31. The number of pyridine rings is 1. The van der Waals surface area contributed by atoms with Crippen molar-refractivity contribution in [2.24, 2.45) is 0 Å². The Bertz CT molecular complexity index is 532. The molecular formula is C13H17N3O4. The van der Waals surface area contributed by atoms with Gasteiger partial charge in [0, 0.05) is 19.7 Å². The Kier molecular flexibility index (Phi) is 4.07. The van der Waals surface area contributed by atoms with Gasteiger partial charge in [0.15, 0.2) is 0 Å². The molecule has 2 heterocycles. The molecule has 1 fully saturated rings. The molecule has 20 heavy (non-hydrogen) atoms. The average Bonchev–Trinajstić information content (AvgIpc) is 2.78. The number of hydrogen-bond donors (Lipinski definition) is 1. The van der Waals surface area contributed by atoms with Gasteiger partial charge in [0.2, 0.25) is 17.7 Å². The fourth-order valence-corrected chi connectivity index (χ4v) is 2.06. The summed E-state index contributed by atoms with van der Waals surface area (Å²) >= 11 is 0. The number of likely N-dealkylation sites (N-methyl/N-ethyl adjacent to an activating group) is 1. The van der Waals surface area contributed by atoms with Gasteiger partial charge in [-0.25, -0.2) is 0 Å². The third kappa shape index (κ3) is 2.66. The van der Waals surface area contributed by atoms with Gasteiger partial charge in [-0.2, -0.15) is 4.98 Å². The minimum Gasteiger partial charge on any atom is -0.481 e. The summed E-state index contributed by atoms with van der Waals surface area (Å²) in [7, 11) is 4.62. The molecule has 0 aromatic carbocycles. The van der Waals surface area contributed by atoms with Crippen LogP contribution in [0.4, 0.5) is 0 Å². The third-order valence-electron chi connectivity index (χ3n) is 3.21. The van der Waals surface area contributed by atoms with Crippen molar-refractivity contribution < 1.29 is 19.1 Å². The number of aromatic nitrogens is 1. The first kappa shape index (κ1) is 14.1. The fraction of sp³-hybridized carbons (Fsp3) is 0.462. The standard InChI is InChI=1S/C13H17N3O4/c1-16-7-6-9(13(16)18)14-11(17)8-4-5-10(19-2)15-12(8)20-3/h4-5,9H,6-7H2,1-3H3,(H,14,17). The van der Waals surface area contributed by atoms with Crippen LogP contribution in [0.2, 0.25) is 0 Å². The molecule has 1 aliphatic rings. The molecule has 0 bridgehead atoms. The summed E-state index contributed by atoms with van der Waals surface area (Å²) in [5.41, 5.74) is 0.274. The number of carbonyl (C=O) groups excluding carboxylic acids is 2. The van der Waals surface area contributed by atoms with E-state index >= 15 is 0 Å². The summed E-state index contributed by atoms with van der Waals surface area (Å²) in [6, 6.07) is 2.64. The van der Waals surface area contributed by atoms with Gasteiger partial charge < -0.3 is 19.7 Å². The Labute approximate surface area is 116 Å². The molecule has 1 atom stereocenters. The van der Waals surface area contributed by atoms with Crippen LogP contribution >= 0.6 is 0 Å². The molecule has 1 saturated heterocycles. The first-order valence-corrected chi connectivity index (χ1v) is 6.21. The zero-order valence-corrected chi connectivity index (χ0v) is 11.7. The van der Waals surface area contributed by atoms with Crippen molar-refractivity contribution in [1.29, 1.82) is 0 Å². The van der Waals surface area contributed by atoms with Crippen LogP contribution < -0.4 is 14.8 Å². The van der Waals surface area contributed by atoms with Crippen molar-refractivity contribution in [3.8, 4) is 11.8 Å². The van der Waals surface area contributed by atoms with E-state index in [2.05, 4.69) is 10.3 Å². The Morgan fingerprint density at radius 3 is 2.70 bits per heavy atom. The van der Waals surface area contributed by atoms with E-state index in [0.717, 1.165) is 0 Å². The van der Waals surface area contributed by atoms with Crippen LogP contribution in [0.25, 0.3) is 0 Å². The van der Waals surface area contributed by atoms with Crippen molar-refractivity contribution in [2.75, 3.05) is 27.8 Å². The minimum atomic E-state index is -0.487. The Hall–Kier alpha value is -2.31. The van der Waals surface area contributed by atoms with Gasteiger partial charge in [0.25, 0.3) is 5.91 Å². The summed E-state index contributed by atoms with van der Waals surface area (Å²) in [5.74, 6) is 0.0557. The first-order valence-electron chi connectivity index (χ1n) is 6.21. The highest BCUT2D eigenvalue weighted by molar-refractivity contribution is 5.99. The maximum absolute atomic E-state index is 12.2. The maximum atomic E-state index is 12.2. The lowest BCUT2D eigenvalue weighted by Crippen LogP contribution is -2.40. The quantitative estimate of drug-likeness (QED) is 0.843. The van der Waals surface area contributed by atoms with E-state index in [1.807, 2.05) is 0 Å². The molecule has 7 nitrogen and oxygen atoms in total. The Morgan fingerprint density at radius 1 is 1.40 bits per heavy atom. The van der Waals surface area contributed by atoms with Gasteiger partial charge in [0.05, 0.1) is 14.2 Å². The molecular weight excluding hydrogens is 262 g/mol. The third-order valence-corrected chi connectivity index (χ3v) is 3.21. The SMILES string of the molecule is COc1ccc(C(=O)NC2CCN(C)C2=O)c(OC)n1. The van der Waals surface area contributed by atoms with Crippen molar-refractivity contribution in [2.45, 2.75) is 12.5 Å². The molecule has 2 rings (SSSR count). The number of carbonyl (C=O) groups is 2. The zero-order chi connectivity index (χ0) is 14.7. The normalized spacial score (nSPS) is 18.1. The van der Waals surface area contributed by atoms with E-state index in [0.29, 0.717) is 18.8 Å². The summed E-state index contributed by atoms with van der Waals surface area (Å²) in [6.07, 6.45) is 0.604. The fourth-order valence-electron chi connectivity index (χ4n) is 2.06. The minimum absolute atomic E-state index is 0.0845. The van der Waals surface area contributed by atoms with E-state index in [4.69, 9.17) is 9.47 Å². The molecule has 1 N–H and O–H groups in total. The predicted molar refractivity (Wildman–Crippen MR) is 70.8 cm³/mol. The molecule has 7 heteroatoms. The van der Waals surface area contributed by atoms with E-state index in [9.17, 15) is 9.59 Å². The molecule has 0 saturated carbocycles. The van der Waals surface area contributed by atoms with Crippen LogP contribution in [-0.4, -0.2) is 55.6 Å². The van der Waals surface area contributed by atoms with Gasteiger partial charge in [-0.3, -0.25) is 9.59 Å². The van der Waals surface area contributed by atoms with Gasteiger partial charge in [-0.05, 0) is 12.5 Å². The lowest BCUT2D eigenvalue weighted by Gasteiger charge is -2.13. The van der Waals surface area contributed by atoms with Gasteiger partial charge in [0.1, 0.15) is 11.6 Å². The number of ether oxygens (including phenoxy) is 2. The van der Waals surface area contributed by atoms with Crippen molar-refractivity contribution in [3.63, 3.8) is 0 Å². The largest absolute Gasteiger partial charge is 0.481 e. The summed E-state index contributed by atoms with van der Waals surface area (Å²) in [6.45, 7) is 0.641. The number of hydrogen-bond acceptors (Lipinski definition) is 5. The van der Waals surface area contributed by atoms with E-state index in [1.165, 1.54) is 14.2 Å². The molecule has 1 aromatic heterocycles. The topological polar surface area (TPSA) is 80.8 Å².